The van der Waals surface area contributed by atoms with Crippen LogP contribution in [-0.2, 0) is 14.3 Å². The number of carbonyl (C=O) groups is 2. The van der Waals surface area contributed by atoms with Crippen LogP contribution in [0.4, 0.5) is 10.1 Å². The fourth-order valence-electron chi connectivity index (χ4n) is 1.07. The molecule has 1 rings (SSSR count). The molecule has 0 heterocycles. The zero-order chi connectivity index (χ0) is 12.8. The highest BCUT2D eigenvalue weighted by Gasteiger charge is 2.15. The molecule has 1 aromatic rings. The minimum Gasteiger partial charge on any atom is -0.459 e. The van der Waals surface area contributed by atoms with Crippen LogP contribution in [0.25, 0.3) is 0 Å². The lowest BCUT2D eigenvalue weighted by Gasteiger charge is -2.04. The summed E-state index contributed by atoms with van der Waals surface area (Å²) in [6, 6.07) is 5.02. The van der Waals surface area contributed by atoms with Crippen molar-refractivity contribution in [2.24, 2.45) is 0 Å². The fraction of sp³-hybridized carbons (Fsp3) is 0.182. The molecular weight excluding hydrogens is 227 g/mol. The summed E-state index contributed by atoms with van der Waals surface area (Å²) >= 11 is 0. The largest absolute Gasteiger partial charge is 0.459 e. The minimum atomic E-state index is -1.03. The van der Waals surface area contributed by atoms with E-state index in [4.69, 9.17) is 5.26 Å². The van der Waals surface area contributed by atoms with Crippen LogP contribution in [0.5, 0.6) is 0 Å². The van der Waals surface area contributed by atoms with E-state index in [1.807, 2.05) is 0 Å². The lowest BCUT2D eigenvalue weighted by molar-refractivity contribution is -0.152. The smallest absolute Gasteiger partial charge is 0.397 e. The van der Waals surface area contributed by atoms with Gasteiger partial charge in [-0.05, 0) is 25.1 Å². The molecule has 0 atom stereocenters. The summed E-state index contributed by atoms with van der Waals surface area (Å²) in [7, 11) is 0. The number of nitrogens with zero attached hydrogens (tertiary/aromatic N) is 1. The van der Waals surface area contributed by atoms with Crippen molar-refractivity contribution in [1.82, 2.24) is 0 Å². The van der Waals surface area contributed by atoms with Gasteiger partial charge in [0.25, 0.3) is 0 Å². The normalized spacial score (nSPS) is 9.24. The molecule has 1 aromatic carbocycles. The third-order valence-corrected chi connectivity index (χ3v) is 1.81. The Kier molecular flexibility index (Phi) is 4.17. The Labute approximate surface area is 96.8 Å². The van der Waals surface area contributed by atoms with Crippen molar-refractivity contribution in [3.63, 3.8) is 0 Å². The van der Waals surface area contributed by atoms with E-state index in [1.165, 1.54) is 6.07 Å². The van der Waals surface area contributed by atoms with Crippen LogP contribution in [-0.4, -0.2) is 18.5 Å². The Bertz CT molecular complexity index is 494. The fourth-order valence-corrected chi connectivity index (χ4v) is 1.07. The second-order valence-corrected chi connectivity index (χ2v) is 2.98. The number of nitrogens with one attached hydrogen (secondary N) is 1. The highest BCUT2D eigenvalue weighted by molar-refractivity contribution is 6.37. The minimum absolute atomic E-state index is 0.0825. The number of ether oxygens (including phenoxy) is 1. The van der Waals surface area contributed by atoms with Gasteiger partial charge in [0.2, 0.25) is 0 Å². The number of halogens is 1. The van der Waals surface area contributed by atoms with E-state index in [0.29, 0.717) is 0 Å². The van der Waals surface area contributed by atoms with E-state index in [9.17, 15) is 14.0 Å². The predicted molar refractivity (Wildman–Crippen MR) is 56.4 cm³/mol. The van der Waals surface area contributed by atoms with Crippen LogP contribution >= 0.6 is 0 Å². The van der Waals surface area contributed by atoms with Crippen LogP contribution < -0.4 is 5.32 Å². The van der Waals surface area contributed by atoms with E-state index in [0.717, 1.165) is 12.1 Å². The maximum atomic E-state index is 13.0. The van der Waals surface area contributed by atoms with Crippen LogP contribution in [0.2, 0.25) is 0 Å². The second kappa shape index (κ2) is 5.61. The molecule has 17 heavy (non-hydrogen) atoms. The van der Waals surface area contributed by atoms with Crippen molar-refractivity contribution in [3.8, 4) is 6.07 Å². The van der Waals surface area contributed by atoms with Crippen LogP contribution in [0.3, 0.4) is 0 Å². The Morgan fingerprint density at radius 1 is 1.53 bits per heavy atom. The number of hydrogen-bond donors (Lipinski definition) is 1. The van der Waals surface area contributed by atoms with Gasteiger partial charge in [-0.3, -0.25) is 4.79 Å². The zero-order valence-corrected chi connectivity index (χ0v) is 8.99. The summed E-state index contributed by atoms with van der Waals surface area (Å²) in [6.07, 6.45) is 0. The molecule has 88 valence electrons. The first kappa shape index (κ1) is 12.6. The molecule has 0 aliphatic heterocycles. The van der Waals surface area contributed by atoms with E-state index in [1.54, 1.807) is 13.0 Å². The van der Waals surface area contributed by atoms with Crippen LogP contribution in [0.15, 0.2) is 18.2 Å². The van der Waals surface area contributed by atoms with E-state index in [-0.39, 0.29) is 17.9 Å². The quantitative estimate of drug-likeness (QED) is 0.618. The van der Waals surface area contributed by atoms with E-state index < -0.39 is 17.7 Å². The first-order valence-corrected chi connectivity index (χ1v) is 4.76. The number of esters is 1. The number of carbonyl (C=O) groups excluding carboxylic acids is 2. The molecule has 0 fully saturated rings. The van der Waals surface area contributed by atoms with Gasteiger partial charge in [-0.15, -0.1) is 0 Å². The zero-order valence-electron chi connectivity index (χ0n) is 8.99. The molecule has 0 spiro atoms. The summed E-state index contributed by atoms with van der Waals surface area (Å²) in [5.74, 6) is -2.70. The first-order valence-electron chi connectivity index (χ1n) is 4.76. The number of hydrogen-bond acceptors (Lipinski definition) is 4. The average Bonchev–Trinajstić information content (AvgIpc) is 2.31. The summed E-state index contributed by atoms with van der Waals surface area (Å²) in [5.41, 5.74) is -0.0624. The van der Waals surface area contributed by atoms with Gasteiger partial charge in [0.05, 0.1) is 12.2 Å². The van der Waals surface area contributed by atoms with E-state index >= 15 is 0 Å². The van der Waals surface area contributed by atoms with Gasteiger partial charge < -0.3 is 10.1 Å². The van der Waals surface area contributed by atoms with Gasteiger partial charge in [0.15, 0.2) is 0 Å². The van der Waals surface area contributed by atoms with Crippen molar-refractivity contribution < 1.29 is 18.7 Å². The molecule has 0 radical (unpaired) electrons. The molecule has 0 aromatic heterocycles. The van der Waals surface area contributed by atoms with Crippen LogP contribution in [0, 0.1) is 17.1 Å². The molecule has 1 amide bonds. The Balaban J connectivity index is 2.79. The van der Waals surface area contributed by atoms with Gasteiger partial charge in [-0.1, -0.05) is 0 Å². The molecule has 0 saturated heterocycles. The molecule has 5 nitrogen and oxygen atoms in total. The van der Waals surface area contributed by atoms with Gasteiger partial charge >= 0.3 is 11.9 Å². The van der Waals surface area contributed by atoms with E-state index in [2.05, 4.69) is 10.1 Å². The monoisotopic (exact) mass is 236 g/mol. The number of amides is 1. The third-order valence-electron chi connectivity index (χ3n) is 1.81. The molecule has 0 bridgehead atoms. The molecule has 6 heteroatoms. The first-order chi connectivity index (χ1) is 8.08. The maximum Gasteiger partial charge on any atom is 0.397 e. The van der Waals surface area contributed by atoms with Crippen molar-refractivity contribution in [1.29, 1.82) is 5.26 Å². The molecule has 0 saturated carbocycles. The Morgan fingerprint density at radius 2 is 2.24 bits per heavy atom. The number of anilines is 1. The van der Waals surface area contributed by atoms with Crippen molar-refractivity contribution in [2.75, 3.05) is 11.9 Å². The average molecular weight is 236 g/mol. The molecule has 1 N–H and O–H groups in total. The second-order valence-electron chi connectivity index (χ2n) is 2.98. The summed E-state index contributed by atoms with van der Waals surface area (Å²) in [4.78, 5) is 22.2. The standard InChI is InChI=1S/C11H9FN2O3/c1-2-17-11(16)10(15)14-8-3-4-9(12)7(5-8)6-13/h3-5H,2H2,1H3,(H,14,15). The number of benzene rings is 1. The van der Waals surface area contributed by atoms with Crippen molar-refractivity contribution in [2.45, 2.75) is 6.92 Å². The summed E-state index contributed by atoms with van der Waals surface area (Å²) in [6.45, 7) is 1.65. The van der Waals surface area contributed by atoms with Gasteiger partial charge in [-0.2, -0.15) is 5.26 Å². The summed E-state index contributed by atoms with van der Waals surface area (Å²) < 4.78 is 17.4. The molecular formula is C11H9FN2O3. The highest BCUT2D eigenvalue weighted by atomic mass is 19.1. The number of rotatable bonds is 2. The van der Waals surface area contributed by atoms with Gasteiger partial charge in [-0.25, -0.2) is 9.18 Å². The topological polar surface area (TPSA) is 79.2 Å². The third kappa shape index (κ3) is 3.28. The lowest BCUT2D eigenvalue weighted by atomic mass is 10.2. The lowest BCUT2D eigenvalue weighted by Crippen LogP contribution is -2.25. The SMILES string of the molecule is CCOC(=O)C(=O)Nc1ccc(F)c(C#N)c1. The van der Waals surface area contributed by atoms with Gasteiger partial charge in [0, 0.05) is 5.69 Å². The summed E-state index contributed by atoms with van der Waals surface area (Å²) in [5, 5.41) is 10.8. The molecule has 0 aliphatic carbocycles. The highest BCUT2D eigenvalue weighted by Crippen LogP contribution is 2.13. The molecule has 0 aliphatic rings. The maximum absolute atomic E-state index is 13.0. The Hall–Kier alpha value is -2.42. The van der Waals surface area contributed by atoms with Crippen molar-refractivity contribution >= 4 is 17.6 Å². The van der Waals surface area contributed by atoms with Gasteiger partial charge in [0.1, 0.15) is 11.9 Å². The Morgan fingerprint density at radius 3 is 2.82 bits per heavy atom. The van der Waals surface area contributed by atoms with Crippen LogP contribution in [0.1, 0.15) is 12.5 Å². The molecule has 0 unspecified atom stereocenters. The van der Waals surface area contributed by atoms with Crippen molar-refractivity contribution in [3.05, 3.63) is 29.6 Å². The predicted octanol–water partition coefficient (Wildman–Crippen LogP) is 1.20. The number of nitriles is 1.